The minimum Gasteiger partial charge on any atom is -0.480 e. The van der Waals surface area contributed by atoms with E-state index in [1.165, 1.54) is 11.8 Å². The molecule has 0 bridgehead atoms. The molecule has 0 fully saturated rings. The van der Waals surface area contributed by atoms with Crippen molar-refractivity contribution in [3.63, 3.8) is 0 Å². The Kier molecular flexibility index (Phi) is 12.2. The number of rotatable bonds is 13. The highest BCUT2D eigenvalue weighted by Gasteiger charge is 2.27. The SMILES string of the molecule is CSCC[C@H](N)C(=O)N[C@@H](CCCN=C(N)N)C(=O)N[C@@H](CO)C(=O)O. The summed E-state index contributed by atoms with van der Waals surface area (Å²) in [6.07, 6.45) is 2.85. The van der Waals surface area contributed by atoms with E-state index in [4.69, 9.17) is 27.4 Å². The molecule has 3 atom stereocenters. The molecule has 0 saturated heterocycles. The van der Waals surface area contributed by atoms with Crippen LogP contribution >= 0.6 is 11.8 Å². The van der Waals surface area contributed by atoms with Gasteiger partial charge in [0, 0.05) is 6.54 Å². The van der Waals surface area contributed by atoms with Crippen LogP contribution in [-0.4, -0.2) is 77.2 Å². The van der Waals surface area contributed by atoms with Gasteiger partial charge in [-0.2, -0.15) is 11.8 Å². The molecule has 0 saturated carbocycles. The molecule has 0 unspecified atom stereocenters. The van der Waals surface area contributed by atoms with Gasteiger partial charge in [-0.05, 0) is 31.3 Å². The largest absolute Gasteiger partial charge is 0.480 e. The van der Waals surface area contributed by atoms with Crippen molar-refractivity contribution < 1.29 is 24.6 Å². The minimum atomic E-state index is -1.47. The van der Waals surface area contributed by atoms with Crippen molar-refractivity contribution in [1.82, 2.24) is 10.6 Å². The predicted octanol–water partition coefficient (Wildman–Crippen LogP) is -2.83. The van der Waals surface area contributed by atoms with Gasteiger partial charge >= 0.3 is 5.97 Å². The van der Waals surface area contributed by atoms with Crippen molar-refractivity contribution in [3.8, 4) is 0 Å². The minimum absolute atomic E-state index is 0.0969. The van der Waals surface area contributed by atoms with Gasteiger partial charge in [0.2, 0.25) is 11.8 Å². The molecular weight excluding hydrogens is 364 g/mol. The second-order valence-electron chi connectivity index (χ2n) is 5.48. The zero-order valence-corrected chi connectivity index (χ0v) is 15.5. The first-order chi connectivity index (χ1) is 12.2. The number of aliphatic carboxylic acids is 1. The molecule has 150 valence electrons. The maximum absolute atomic E-state index is 12.3. The van der Waals surface area contributed by atoms with Crippen LogP contribution in [0.3, 0.4) is 0 Å². The van der Waals surface area contributed by atoms with E-state index >= 15 is 0 Å². The summed E-state index contributed by atoms with van der Waals surface area (Å²) in [5, 5.41) is 22.6. The van der Waals surface area contributed by atoms with E-state index in [0.29, 0.717) is 18.6 Å². The van der Waals surface area contributed by atoms with E-state index in [2.05, 4.69) is 15.6 Å². The standard InChI is InChI=1S/C14H28N6O5S/c1-26-6-4-8(15)11(22)19-9(3-2-5-18-14(16)17)12(23)20-10(7-21)13(24)25/h8-10,21H,2-7,15H2,1H3,(H,19,22)(H,20,23)(H,24,25)(H4,16,17,18)/t8-,9-,10-/m0/s1. The summed E-state index contributed by atoms with van der Waals surface area (Å²) < 4.78 is 0. The van der Waals surface area contributed by atoms with E-state index in [9.17, 15) is 14.4 Å². The number of aliphatic imine (C=N–C) groups is 1. The molecule has 11 nitrogen and oxygen atoms in total. The lowest BCUT2D eigenvalue weighted by Crippen LogP contribution is -2.55. The smallest absolute Gasteiger partial charge is 0.328 e. The second kappa shape index (κ2) is 13.2. The highest BCUT2D eigenvalue weighted by Crippen LogP contribution is 2.03. The quantitative estimate of drug-likeness (QED) is 0.0977. The molecule has 0 rings (SSSR count). The number of nitrogens with zero attached hydrogens (tertiary/aromatic N) is 1. The Balaban J connectivity index is 4.91. The number of nitrogens with two attached hydrogens (primary N) is 3. The van der Waals surface area contributed by atoms with Crippen LogP contribution < -0.4 is 27.8 Å². The lowest BCUT2D eigenvalue weighted by Gasteiger charge is -2.22. The van der Waals surface area contributed by atoms with E-state index in [1.54, 1.807) is 0 Å². The van der Waals surface area contributed by atoms with Crippen LogP contribution in [0.25, 0.3) is 0 Å². The monoisotopic (exact) mass is 392 g/mol. The first-order valence-electron chi connectivity index (χ1n) is 7.97. The molecule has 10 N–H and O–H groups in total. The molecule has 0 aromatic rings. The van der Waals surface area contributed by atoms with E-state index in [0.717, 1.165) is 0 Å². The molecule has 0 aromatic carbocycles. The molecule has 0 heterocycles. The lowest BCUT2D eigenvalue weighted by atomic mass is 10.1. The Bertz CT molecular complexity index is 500. The van der Waals surface area contributed by atoms with Crippen LogP contribution in [0.2, 0.25) is 0 Å². The number of guanidine groups is 1. The van der Waals surface area contributed by atoms with Gasteiger partial charge in [0.15, 0.2) is 5.96 Å². The number of nitrogens with one attached hydrogen (secondary N) is 2. The average Bonchev–Trinajstić information content (AvgIpc) is 2.58. The van der Waals surface area contributed by atoms with Gasteiger partial charge in [-0.25, -0.2) is 4.79 Å². The summed E-state index contributed by atoms with van der Waals surface area (Å²) in [4.78, 5) is 39.1. The number of hydrogen-bond donors (Lipinski definition) is 7. The Morgan fingerprint density at radius 2 is 1.73 bits per heavy atom. The van der Waals surface area contributed by atoms with Crippen LogP contribution in [0.4, 0.5) is 0 Å². The highest BCUT2D eigenvalue weighted by atomic mass is 32.2. The van der Waals surface area contributed by atoms with Crippen molar-refractivity contribution in [2.45, 2.75) is 37.4 Å². The van der Waals surface area contributed by atoms with Gasteiger partial charge in [-0.3, -0.25) is 14.6 Å². The fourth-order valence-electron chi connectivity index (χ4n) is 1.88. The molecule has 0 radical (unpaired) electrons. The number of carboxylic acid groups (broad SMARTS) is 1. The van der Waals surface area contributed by atoms with Crippen LogP contribution in [0, 0.1) is 0 Å². The average molecular weight is 392 g/mol. The third-order valence-electron chi connectivity index (χ3n) is 3.35. The van der Waals surface area contributed by atoms with Crippen molar-refractivity contribution in [1.29, 1.82) is 0 Å². The molecular formula is C14H28N6O5S. The van der Waals surface area contributed by atoms with Crippen molar-refractivity contribution >= 4 is 35.5 Å². The van der Waals surface area contributed by atoms with Crippen LogP contribution in [0.15, 0.2) is 4.99 Å². The number of thioether (sulfide) groups is 1. The fourth-order valence-corrected chi connectivity index (χ4v) is 2.37. The number of aliphatic hydroxyl groups excluding tert-OH is 1. The summed E-state index contributed by atoms with van der Waals surface area (Å²) >= 11 is 1.54. The zero-order chi connectivity index (χ0) is 20.1. The van der Waals surface area contributed by atoms with Gasteiger partial charge < -0.3 is 38.0 Å². The predicted molar refractivity (Wildman–Crippen MR) is 99.5 cm³/mol. The fraction of sp³-hybridized carbons (Fsp3) is 0.714. The Hall–Kier alpha value is -2.05. The molecule has 0 spiro atoms. The first-order valence-corrected chi connectivity index (χ1v) is 9.36. The summed E-state index contributed by atoms with van der Waals surface area (Å²) in [5.41, 5.74) is 16.2. The number of carbonyl (C=O) groups is 3. The molecule has 0 aliphatic carbocycles. The Labute approximate surface area is 156 Å². The summed E-state index contributed by atoms with van der Waals surface area (Å²) in [7, 11) is 0. The summed E-state index contributed by atoms with van der Waals surface area (Å²) in [5.74, 6) is -2.05. The third kappa shape index (κ3) is 10.1. The topological polar surface area (TPSA) is 206 Å². The van der Waals surface area contributed by atoms with Gasteiger partial charge in [0.25, 0.3) is 0 Å². The number of carbonyl (C=O) groups excluding carboxylic acids is 2. The maximum Gasteiger partial charge on any atom is 0.328 e. The number of carboxylic acids is 1. The van der Waals surface area contributed by atoms with Gasteiger partial charge in [-0.15, -0.1) is 0 Å². The first kappa shape index (κ1) is 23.9. The molecule has 2 amide bonds. The van der Waals surface area contributed by atoms with Crippen molar-refractivity contribution in [2.24, 2.45) is 22.2 Å². The third-order valence-corrected chi connectivity index (χ3v) is 3.99. The number of aliphatic hydroxyl groups is 1. The van der Waals surface area contributed by atoms with E-state index in [1.807, 2.05) is 6.26 Å². The van der Waals surface area contributed by atoms with Crippen LogP contribution in [0.5, 0.6) is 0 Å². The molecule has 0 aliphatic rings. The molecule has 26 heavy (non-hydrogen) atoms. The maximum atomic E-state index is 12.3. The lowest BCUT2D eigenvalue weighted by molar-refractivity contribution is -0.143. The van der Waals surface area contributed by atoms with E-state index < -0.39 is 42.5 Å². The zero-order valence-electron chi connectivity index (χ0n) is 14.7. The van der Waals surface area contributed by atoms with Crippen molar-refractivity contribution in [2.75, 3.05) is 25.2 Å². The van der Waals surface area contributed by atoms with Gasteiger partial charge in [0.1, 0.15) is 12.1 Å². The summed E-state index contributed by atoms with van der Waals surface area (Å²) in [6.45, 7) is -0.536. The van der Waals surface area contributed by atoms with Crippen LogP contribution in [0.1, 0.15) is 19.3 Å². The normalized spacial score (nSPS) is 14.0. The van der Waals surface area contributed by atoms with Gasteiger partial charge in [0.05, 0.1) is 12.6 Å². The Morgan fingerprint density at radius 1 is 1.12 bits per heavy atom. The molecule has 0 aromatic heterocycles. The molecule has 0 aliphatic heterocycles. The van der Waals surface area contributed by atoms with Gasteiger partial charge in [-0.1, -0.05) is 0 Å². The summed E-state index contributed by atoms with van der Waals surface area (Å²) in [6, 6.07) is -3.28. The number of amides is 2. The molecule has 12 heteroatoms. The number of hydrogen-bond acceptors (Lipinski definition) is 7. The van der Waals surface area contributed by atoms with E-state index in [-0.39, 0.29) is 18.9 Å². The second-order valence-corrected chi connectivity index (χ2v) is 6.47. The van der Waals surface area contributed by atoms with Crippen LogP contribution in [-0.2, 0) is 14.4 Å². The van der Waals surface area contributed by atoms with Crippen molar-refractivity contribution in [3.05, 3.63) is 0 Å². The Morgan fingerprint density at radius 3 is 2.23 bits per heavy atom. The highest BCUT2D eigenvalue weighted by molar-refractivity contribution is 7.98.